The third-order valence-corrected chi connectivity index (χ3v) is 8.20. The monoisotopic (exact) mass is 611 g/mol. The van der Waals surface area contributed by atoms with Crippen molar-refractivity contribution in [2.24, 2.45) is 10.9 Å². The minimum atomic E-state index is -4.10. The van der Waals surface area contributed by atoms with Gasteiger partial charge in [-0.05, 0) is 38.0 Å². The summed E-state index contributed by atoms with van der Waals surface area (Å²) in [6, 6.07) is 13.0. The van der Waals surface area contributed by atoms with Crippen LogP contribution >= 0.6 is 0 Å². The first-order chi connectivity index (χ1) is 20.5. The Morgan fingerprint density at radius 3 is 2.49 bits per heavy atom. The molecule has 0 saturated carbocycles. The molecular weight excluding hydrogens is 578 g/mol. The minimum Gasteiger partial charge on any atom is -0.465 e. The van der Waals surface area contributed by atoms with Crippen molar-refractivity contribution in [3.63, 3.8) is 0 Å². The zero-order chi connectivity index (χ0) is 31.1. The fourth-order valence-electron chi connectivity index (χ4n) is 4.43. The summed E-state index contributed by atoms with van der Waals surface area (Å²) in [6.07, 6.45) is 0.593. The number of fused-ring (bicyclic) bond motifs is 1. The van der Waals surface area contributed by atoms with Gasteiger partial charge in [-0.3, -0.25) is 19.1 Å². The van der Waals surface area contributed by atoms with Crippen LogP contribution in [0.5, 0.6) is 0 Å². The van der Waals surface area contributed by atoms with E-state index in [9.17, 15) is 22.8 Å². The van der Waals surface area contributed by atoms with Gasteiger partial charge in [0, 0.05) is 37.8 Å². The van der Waals surface area contributed by atoms with E-state index in [0.29, 0.717) is 31.6 Å². The summed E-state index contributed by atoms with van der Waals surface area (Å²) in [5.74, 6) is -1.89. The highest BCUT2D eigenvalue weighted by molar-refractivity contribution is 7.89. The lowest BCUT2D eigenvalue weighted by atomic mass is 10.1. The van der Waals surface area contributed by atoms with Crippen molar-refractivity contribution in [1.82, 2.24) is 24.7 Å². The van der Waals surface area contributed by atoms with Gasteiger partial charge in [-0.2, -0.15) is 9.82 Å². The molecule has 0 fully saturated rings. The second-order valence-corrected chi connectivity index (χ2v) is 11.6. The second kappa shape index (κ2) is 13.5. The van der Waals surface area contributed by atoms with Crippen LogP contribution in [0.25, 0.3) is 0 Å². The van der Waals surface area contributed by atoms with E-state index < -0.39 is 34.5 Å². The van der Waals surface area contributed by atoms with Gasteiger partial charge in [0.15, 0.2) is 11.5 Å². The molecule has 2 amide bonds. The molecular formula is C28H33N7O7S. The lowest BCUT2D eigenvalue weighted by Crippen LogP contribution is -2.49. The molecule has 43 heavy (non-hydrogen) atoms. The van der Waals surface area contributed by atoms with E-state index in [2.05, 4.69) is 20.3 Å². The van der Waals surface area contributed by atoms with E-state index in [0.717, 1.165) is 11.1 Å². The first-order valence-electron chi connectivity index (χ1n) is 13.5. The summed E-state index contributed by atoms with van der Waals surface area (Å²) >= 11 is 0. The Labute approximate surface area is 248 Å². The molecule has 5 N–H and O–H groups in total. The number of benzene rings is 2. The van der Waals surface area contributed by atoms with Crippen LogP contribution in [0.15, 0.2) is 64.6 Å². The van der Waals surface area contributed by atoms with Crippen molar-refractivity contribution in [3.05, 3.63) is 82.7 Å². The number of amidine groups is 1. The fraction of sp³-hybridized carbons (Fsp3) is 0.321. The number of oxime groups is 1. The topological polar surface area (TPSA) is 198 Å². The van der Waals surface area contributed by atoms with Gasteiger partial charge < -0.3 is 25.9 Å². The Hall–Kier alpha value is -4.76. The Bertz CT molecular complexity index is 1620. The van der Waals surface area contributed by atoms with E-state index in [-0.39, 0.29) is 34.6 Å². The minimum absolute atomic E-state index is 0.0109. The van der Waals surface area contributed by atoms with Gasteiger partial charge in [-0.1, -0.05) is 47.1 Å². The number of aryl methyl sites for hydroxylation is 2. The largest absolute Gasteiger partial charge is 0.465 e. The number of rotatable bonds is 11. The van der Waals surface area contributed by atoms with Crippen LogP contribution in [0.2, 0.25) is 0 Å². The molecule has 1 aliphatic heterocycles. The average molecular weight is 612 g/mol. The molecule has 1 atom stereocenters. The van der Waals surface area contributed by atoms with Crippen LogP contribution in [0, 0.1) is 6.92 Å². The fourth-order valence-corrected chi connectivity index (χ4v) is 5.61. The zero-order valence-electron chi connectivity index (χ0n) is 23.7. The van der Waals surface area contributed by atoms with Crippen molar-refractivity contribution in [2.45, 2.75) is 44.3 Å². The van der Waals surface area contributed by atoms with Crippen LogP contribution in [0.4, 0.5) is 0 Å². The van der Waals surface area contributed by atoms with Crippen LogP contribution in [-0.2, 0) is 32.6 Å². The molecule has 0 spiro atoms. The second-order valence-electron chi connectivity index (χ2n) is 9.85. The smallest absolute Gasteiger partial charge is 0.326 e. The van der Waals surface area contributed by atoms with Gasteiger partial charge in [0.1, 0.15) is 11.7 Å². The van der Waals surface area contributed by atoms with Gasteiger partial charge in [0.05, 0.1) is 11.5 Å². The Kier molecular flexibility index (Phi) is 9.77. The SMILES string of the molecule is CCOC(=O)[C@H](CNC(=O)c1cc2n(n1)CCCN(Cc1ccc(/C(N)=N/O)cc1)C2=O)NS(=O)(=O)c1ccc(C)cc1. The lowest BCUT2D eigenvalue weighted by molar-refractivity contribution is -0.144. The number of aromatic nitrogens is 2. The highest BCUT2D eigenvalue weighted by atomic mass is 32.2. The standard InChI is InChI=1S/C28H33N7O7S/c1-3-42-28(38)23(33-43(40,41)21-11-5-18(2)6-12-21)16-30-26(36)22-15-24-27(37)34(13-4-14-35(24)31-22)17-19-7-9-20(10-8-19)25(29)32-39/h5-12,15,23,33,39H,3-4,13-14,16-17H2,1-2H3,(H2,29,32)(H,30,36)/t23-/m0/s1. The van der Waals surface area contributed by atoms with Crippen molar-refractivity contribution in [2.75, 3.05) is 19.7 Å². The van der Waals surface area contributed by atoms with E-state index in [1.807, 2.05) is 6.92 Å². The van der Waals surface area contributed by atoms with Gasteiger partial charge in [0.2, 0.25) is 10.0 Å². The Morgan fingerprint density at radius 1 is 1.14 bits per heavy atom. The van der Waals surface area contributed by atoms with Gasteiger partial charge >= 0.3 is 5.97 Å². The molecule has 0 saturated heterocycles. The van der Waals surface area contributed by atoms with E-state index >= 15 is 0 Å². The van der Waals surface area contributed by atoms with Gasteiger partial charge in [-0.15, -0.1) is 0 Å². The molecule has 14 nitrogen and oxygen atoms in total. The molecule has 2 aromatic carbocycles. The van der Waals surface area contributed by atoms with E-state index in [1.54, 1.807) is 48.2 Å². The molecule has 0 radical (unpaired) electrons. The average Bonchev–Trinajstić information content (AvgIpc) is 3.37. The Morgan fingerprint density at radius 2 is 1.84 bits per heavy atom. The first-order valence-corrected chi connectivity index (χ1v) is 15.0. The molecule has 2 heterocycles. The molecule has 15 heteroatoms. The quantitative estimate of drug-likeness (QED) is 0.0802. The number of esters is 1. The summed E-state index contributed by atoms with van der Waals surface area (Å²) in [5.41, 5.74) is 8.00. The third kappa shape index (κ3) is 7.55. The summed E-state index contributed by atoms with van der Waals surface area (Å²) in [4.78, 5) is 40.5. The summed E-state index contributed by atoms with van der Waals surface area (Å²) in [6.45, 7) is 4.15. The van der Waals surface area contributed by atoms with Gasteiger partial charge in [0.25, 0.3) is 11.8 Å². The number of nitrogens with two attached hydrogens (primary N) is 1. The number of nitrogens with one attached hydrogen (secondary N) is 2. The van der Waals surface area contributed by atoms with Crippen LogP contribution in [-0.4, -0.2) is 77.7 Å². The molecule has 0 bridgehead atoms. The molecule has 0 unspecified atom stereocenters. The highest BCUT2D eigenvalue weighted by Crippen LogP contribution is 2.17. The van der Waals surface area contributed by atoms with Crippen molar-refractivity contribution >= 4 is 33.6 Å². The number of hydrogen-bond donors (Lipinski definition) is 4. The number of carbonyl (C=O) groups excluding carboxylic acids is 3. The normalized spacial score (nSPS) is 14.5. The summed E-state index contributed by atoms with van der Waals surface area (Å²) in [7, 11) is -4.10. The summed E-state index contributed by atoms with van der Waals surface area (Å²) < 4.78 is 34.5. The first kappa shape index (κ1) is 31.2. The number of amides is 2. The number of nitrogens with zero attached hydrogens (tertiary/aromatic N) is 4. The highest BCUT2D eigenvalue weighted by Gasteiger charge is 2.30. The van der Waals surface area contributed by atoms with E-state index in [4.69, 9.17) is 15.7 Å². The van der Waals surface area contributed by atoms with Gasteiger partial charge in [-0.25, -0.2) is 8.42 Å². The summed E-state index contributed by atoms with van der Waals surface area (Å²) in [5, 5.41) is 18.6. The molecule has 1 aromatic heterocycles. The maximum Gasteiger partial charge on any atom is 0.326 e. The maximum absolute atomic E-state index is 13.4. The number of carbonyl (C=O) groups is 3. The molecule has 3 aromatic rings. The maximum atomic E-state index is 13.4. The van der Waals surface area contributed by atoms with Crippen LogP contribution < -0.4 is 15.8 Å². The van der Waals surface area contributed by atoms with Crippen molar-refractivity contribution < 1.29 is 32.7 Å². The van der Waals surface area contributed by atoms with Crippen LogP contribution in [0.3, 0.4) is 0 Å². The molecule has 4 rings (SSSR count). The predicted molar refractivity (Wildman–Crippen MR) is 155 cm³/mol. The predicted octanol–water partition coefficient (Wildman–Crippen LogP) is 0.972. The third-order valence-electron chi connectivity index (χ3n) is 6.71. The number of ether oxygens (including phenoxy) is 1. The number of hydrogen-bond acceptors (Lipinski definition) is 9. The van der Waals surface area contributed by atoms with Crippen LogP contribution in [0.1, 0.15) is 51.0 Å². The van der Waals surface area contributed by atoms with E-state index in [1.165, 1.54) is 22.9 Å². The molecule has 1 aliphatic rings. The Balaban J connectivity index is 1.45. The number of sulfonamides is 1. The van der Waals surface area contributed by atoms with Crippen molar-refractivity contribution in [3.8, 4) is 0 Å². The lowest BCUT2D eigenvalue weighted by Gasteiger charge is -2.20. The molecule has 0 aliphatic carbocycles. The zero-order valence-corrected chi connectivity index (χ0v) is 24.5. The van der Waals surface area contributed by atoms with Crippen molar-refractivity contribution in [1.29, 1.82) is 0 Å². The molecule has 228 valence electrons.